The fraction of sp³-hybridized carbons (Fsp3) is 0.643. The quantitative estimate of drug-likeness (QED) is 0.885. The smallest absolute Gasteiger partial charge is 0.323 e. The zero-order chi connectivity index (χ0) is 16.0. The number of aliphatic carboxylic acids is 1. The van der Waals surface area contributed by atoms with Crippen LogP contribution in [0.15, 0.2) is 10.5 Å². The second-order valence-corrected chi connectivity index (χ2v) is 8.51. The number of rotatable bonds is 4. The van der Waals surface area contributed by atoms with E-state index in [1.54, 1.807) is 0 Å². The average molecular weight is 315 g/mol. The molecule has 118 valence electrons. The van der Waals surface area contributed by atoms with Crippen molar-refractivity contribution in [3.8, 4) is 0 Å². The highest BCUT2D eigenvalue weighted by Gasteiger charge is 2.38. The highest BCUT2D eigenvalue weighted by molar-refractivity contribution is 7.90. The number of nitrogens with one attached hydrogen (secondary N) is 1. The van der Waals surface area contributed by atoms with Crippen molar-refractivity contribution in [1.29, 1.82) is 0 Å². The van der Waals surface area contributed by atoms with Crippen molar-refractivity contribution in [1.82, 2.24) is 4.72 Å². The van der Waals surface area contributed by atoms with Crippen molar-refractivity contribution >= 4 is 16.0 Å². The van der Waals surface area contributed by atoms with Gasteiger partial charge in [-0.15, -0.1) is 0 Å². The monoisotopic (exact) mass is 315 g/mol. The molecule has 0 bridgehead atoms. The molecule has 1 aliphatic rings. The largest absolute Gasteiger partial charge is 0.480 e. The van der Waals surface area contributed by atoms with Crippen LogP contribution in [0.4, 0.5) is 0 Å². The van der Waals surface area contributed by atoms with Crippen molar-refractivity contribution in [3.05, 3.63) is 23.2 Å². The number of furan rings is 1. The molecular weight excluding hydrogens is 294 g/mol. The summed E-state index contributed by atoms with van der Waals surface area (Å²) in [7, 11) is -3.93. The molecule has 2 atom stereocenters. The molecule has 0 amide bonds. The molecule has 2 N–H and O–H groups in total. The lowest BCUT2D eigenvalue weighted by Crippen LogP contribution is -2.42. The van der Waals surface area contributed by atoms with Gasteiger partial charge in [-0.05, 0) is 31.7 Å². The summed E-state index contributed by atoms with van der Waals surface area (Å²) in [5.74, 6) is 0.147. The minimum absolute atomic E-state index is 0.114. The van der Waals surface area contributed by atoms with E-state index in [2.05, 4.69) is 4.72 Å². The summed E-state index contributed by atoms with van der Waals surface area (Å²) in [4.78, 5) is 10.9. The predicted octanol–water partition coefficient (Wildman–Crippen LogP) is 1.99. The van der Waals surface area contributed by atoms with Crippen LogP contribution < -0.4 is 4.72 Å². The van der Waals surface area contributed by atoms with Crippen molar-refractivity contribution in [3.63, 3.8) is 0 Å². The fourth-order valence-corrected chi connectivity index (χ4v) is 3.80. The minimum atomic E-state index is -3.93. The summed E-state index contributed by atoms with van der Waals surface area (Å²) < 4.78 is 32.5. The van der Waals surface area contributed by atoms with E-state index in [9.17, 15) is 13.2 Å². The number of fused-ring (bicyclic) bond motifs is 1. The zero-order valence-electron chi connectivity index (χ0n) is 12.6. The van der Waals surface area contributed by atoms with Gasteiger partial charge in [0.15, 0.2) is 5.25 Å². The summed E-state index contributed by atoms with van der Waals surface area (Å²) in [6, 6.07) is 1.37. The lowest BCUT2D eigenvalue weighted by molar-refractivity contribution is -0.136. The van der Waals surface area contributed by atoms with Gasteiger partial charge in [-0.25, -0.2) is 13.1 Å². The first-order valence-electron chi connectivity index (χ1n) is 6.85. The molecule has 0 radical (unpaired) electrons. The summed E-state index contributed by atoms with van der Waals surface area (Å²) in [6.45, 7) is 7.06. The Morgan fingerprint density at radius 3 is 2.71 bits per heavy atom. The maximum Gasteiger partial charge on any atom is 0.323 e. The number of carbonyl (C=O) groups is 1. The van der Waals surface area contributed by atoms with E-state index in [1.165, 1.54) is 6.92 Å². The van der Waals surface area contributed by atoms with Crippen molar-refractivity contribution in [2.24, 2.45) is 5.41 Å². The van der Waals surface area contributed by atoms with E-state index in [0.717, 1.165) is 23.5 Å². The third-order valence-electron chi connectivity index (χ3n) is 3.86. The number of sulfonamides is 1. The van der Waals surface area contributed by atoms with E-state index < -0.39 is 27.3 Å². The molecule has 0 saturated heterocycles. The first kappa shape index (κ1) is 16.0. The van der Waals surface area contributed by atoms with Gasteiger partial charge < -0.3 is 9.52 Å². The molecule has 6 nitrogen and oxygen atoms in total. The van der Waals surface area contributed by atoms with Gasteiger partial charge in [0.25, 0.3) is 0 Å². The standard InChI is InChI=1S/C14H21NO5S/c1-8-5-10-11(6-14(3,4)7-12(10)20-8)15-21(18,19)9(2)13(16)17/h5,9,11,15H,6-7H2,1-4H3,(H,16,17). The topological polar surface area (TPSA) is 96.6 Å². The van der Waals surface area contributed by atoms with Gasteiger partial charge in [-0.3, -0.25) is 4.79 Å². The average Bonchev–Trinajstić information content (AvgIpc) is 2.66. The number of carboxylic acids is 1. The third-order valence-corrected chi connectivity index (χ3v) is 5.60. The molecule has 2 rings (SSSR count). The van der Waals surface area contributed by atoms with E-state index >= 15 is 0 Å². The first-order chi connectivity index (χ1) is 9.52. The Balaban J connectivity index is 2.34. The Bertz CT molecular complexity index is 659. The molecule has 1 aliphatic carbocycles. The van der Waals surface area contributed by atoms with Gasteiger partial charge in [0, 0.05) is 12.0 Å². The van der Waals surface area contributed by atoms with Crippen molar-refractivity contribution in [2.45, 2.75) is 51.8 Å². The first-order valence-corrected chi connectivity index (χ1v) is 8.40. The minimum Gasteiger partial charge on any atom is -0.480 e. The molecule has 21 heavy (non-hydrogen) atoms. The zero-order valence-corrected chi connectivity index (χ0v) is 13.5. The Hall–Kier alpha value is -1.34. The van der Waals surface area contributed by atoms with Gasteiger partial charge >= 0.3 is 5.97 Å². The summed E-state index contributed by atoms with van der Waals surface area (Å²) in [5.41, 5.74) is 0.699. The van der Waals surface area contributed by atoms with E-state index in [-0.39, 0.29) is 5.41 Å². The van der Waals surface area contributed by atoms with Gasteiger partial charge in [-0.1, -0.05) is 13.8 Å². The second-order valence-electron chi connectivity index (χ2n) is 6.48. The molecular formula is C14H21NO5S. The maximum atomic E-state index is 12.1. The molecule has 2 unspecified atom stereocenters. The van der Waals surface area contributed by atoms with Crippen LogP contribution in [0.5, 0.6) is 0 Å². The van der Waals surface area contributed by atoms with E-state index in [4.69, 9.17) is 9.52 Å². The van der Waals surface area contributed by atoms with Gasteiger partial charge in [-0.2, -0.15) is 0 Å². The summed E-state index contributed by atoms with van der Waals surface area (Å²) >= 11 is 0. The molecule has 1 aromatic heterocycles. The van der Waals surface area contributed by atoms with E-state index in [1.807, 2.05) is 26.8 Å². The lowest BCUT2D eigenvalue weighted by atomic mass is 9.75. The van der Waals surface area contributed by atoms with Crippen molar-refractivity contribution in [2.75, 3.05) is 0 Å². The molecule has 0 aliphatic heterocycles. The normalized spacial score (nSPS) is 22.6. The third kappa shape index (κ3) is 3.29. The highest BCUT2D eigenvalue weighted by atomic mass is 32.2. The van der Waals surface area contributed by atoms with Crippen LogP contribution >= 0.6 is 0 Å². The summed E-state index contributed by atoms with van der Waals surface area (Å²) in [5, 5.41) is 7.42. The van der Waals surface area contributed by atoms with Crippen LogP contribution in [0.1, 0.15) is 50.3 Å². The highest BCUT2D eigenvalue weighted by Crippen LogP contribution is 2.42. The van der Waals surface area contributed by atoms with Gasteiger partial charge in [0.2, 0.25) is 10.0 Å². The van der Waals surface area contributed by atoms with Gasteiger partial charge in [0.1, 0.15) is 11.5 Å². The summed E-state index contributed by atoms with van der Waals surface area (Å²) in [6.07, 6.45) is 1.34. The number of carboxylic acid groups (broad SMARTS) is 1. The second kappa shape index (κ2) is 5.14. The van der Waals surface area contributed by atoms with Crippen LogP contribution in [0, 0.1) is 12.3 Å². The number of aryl methyl sites for hydroxylation is 1. The molecule has 0 spiro atoms. The molecule has 0 saturated carbocycles. The van der Waals surface area contributed by atoms with Crippen LogP contribution in [-0.4, -0.2) is 24.7 Å². The maximum absolute atomic E-state index is 12.1. The van der Waals surface area contributed by atoms with Gasteiger partial charge in [0.05, 0.1) is 6.04 Å². The Morgan fingerprint density at radius 2 is 2.14 bits per heavy atom. The molecule has 7 heteroatoms. The number of hydrogen-bond acceptors (Lipinski definition) is 4. The Morgan fingerprint density at radius 1 is 1.52 bits per heavy atom. The lowest BCUT2D eigenvalue weighted by Gasteiger charge is -2.34. The number of hydrogen-bond donors (Lipinski definition) is 2. The van der Waals surface area contributed by atoms with Crippen molar-refractivity contribution < 1.29 is 22.7 Å². The Labute approximate surface area is 124 Å². The van der Waals surface area contributed by atoms with E-state index in [0.29, 0.717) is 6.42 Å². The van der Waals surface area contributed by atoms with Crippen LogP contribution in [0.2, 0.25) is 0 Å². The van der Waals surface area contributed by atoms with Crippen LogP contribution in [-0.2, 0) is 21.2 Å². The molecule has 1 aromatic rings. The van der Waals surface area contributed by atoms with Crippen LogP contribution in [0.3, 0.4) is 0 Å². The SMILES string of the molecule is Cc1cc2c(o1)CC(C)(C)CC2NS(=O)(=O)C(C)C(=O)O. The molecule has 0 fully saturated rings. The predicted molar refractivity (Wildman–Crippen MR) is 77.4 cm³/mol. The Kier molecular flexibility index (Phi) is 3.92. The molecule has 1 heterocycles. The van der Waals surface area contributed by atoms with Crippen LogP contribution in [0.25, 0.3) is 0 Å². The molecule has 0 aromatic carbocycles. The fourth-order valence-electron chi connectivity index (χ4n) is 2.72.